The lowest BCUT2D eigenvalue weighted by molar-refractivity contribution is -0.135. The van der Waals surface area contributed by atoms with Crippen molar-refractivity contribution in [1.29, 1.82) is 0 Å². The van der Waals surface area contributed by atoms with E-state index in [2.05, 4.69) is 29.2 Å². The van der Waals surface area contributed by atoms with E-state index >= 15 is 0 Å². The highest BCUT2D eigenvalue weighted by Gasteiger charge is 2.33. The summed E-state index contributed by atoms with van der Waals surface area (Å²) in [6.07, 6.45) is 2.23. The number of hydrogen-bond donors (Lipinski definition) is 0. The van der Waals surface area contributed by atoms with Crippen LogP contribution in [0.1, 0.15) is 31.4 Å². The molecular weight excluding hydrogens is 264 g/mol. The smallest absolute Gasteiger partial charge is 0.220 e. The van der Waals surface area contributed by atoms with Gasteiger partial charge in [-0.2, -0.15) is 0 Å². The Morgan fingerprint density at radius 2 is 1.86 bits per heavy atom. The third kappa shape index (κ3) is 3.27. The summed E-state index contributed by atoms with van der Waals surface area (Å²) < 4.78 is 5.47. The van der Waals surface area contributed by atoms with Gasteiger partial charge in [-0.15, -0.1) is 0 Å². The Labute approximate surface area is 126 Å². The molecule has 0 aromatic heterocycles. The fourth-order valence-electron chi connectivity index (χ4n) is 3.52. The Morgan fingerprint density at radius 1 is 1.14 bits per heavy atom. The van der Waals surface area contributed by atoms with Gasteiger partial charge < -0.3 is 9.64 Å². The molecule has 2 heterocycles. The normalized spacial score (nSPS) is 25.0. The Kier molecular flexibility index (Phi) is 4.56. The number of carbonyl (C=O) groups excluding carboxylic acids is 1. The van der Waals surface area contributed by atoms with Crippen molar-refractivity contribution in [1.82, 2.24) is 9.80 Å². The standard InChI is InChI=1S/C17H24N2O2/c1-14(20)19-10-9-18(16-7-11-21-12-8-16)13-17(19)15-5-3-2-4-6-15/h2-6,16-17H,7-13H2,1H3/t17-/m0/s1. The Morgan fingerprint density at radius 3 is 2.52 bits per heavy atom. The van der Waals surface area contributed by atoms with Crippen LogP contribution in [0.25, 0.3) is 0 Å². The maximum absolute atomic E-state index is 12.0. The van der Waals surface area contributed by atoms with Gasteiger partial charge in [0.15, 0.2) is 0 Å². The van der Waals surface area contributed by atoms with Crippen LogP contribution in [0.15, 0.2) is 30.3 Å². The molecule has 1 aromatic carbocycles. The van der Waals surface area contributed by atoms with E-state index in [0.717, 1.165) is 45.7 Å². The van der Waals surface area contributed by atoms with Crippen molar-refractivity contribution >= 4 is 5.91 Å². The zero-order valence-electron chi connectivity index (χ0n) is 12.7. The number of benzene rings is 1. The van der Waals surface area contributed by atoms with E-state index in [-0.39, 0.29) is 11.9 Å². The summed E-state index contributed by atoms with van der Waals surface area (Å²) in [6, 6.07) is 11.2. The summed E-state index contributed by atoms with van der Waals surface area (Å²) in [5.74, 6) is 0.176. The number of rotatable bonds is 2. The molecule has 0 bridgehead atoms. The average molecular weight is 288 g/mol. The lowest BCUT2D eigenvalue weighted by atomic mass is 9.99. The highest BCUT2D eigenvalue weighted by molar-refractivity contribution is 5.74. The monoisotopic (exact) mass is 288 g/mol. The lowest BCUT2D eigenvalue weighted by Gasteiger charge is -2.45. The van der Waals surface area contributed by atoms with Crippen LogP contribution >= 0.6 is 0 Å². The summed E-state index contributed by atoms with van der Waals surface area (Å²) in [5.41, 5.74) is 1.24. The molecule has 4 nitrogen and oxygen atoms in total. The largest absolute Gasteiger partial charge is 0.381 e. The lowest BCUT2D eigenvalue weighted by Crippen LogP contribution is -2.54. The van der Waals surface area contributed by atoms with Gasteiger partial charge in [-0.25, -0.2) is 0 Å². The van der Waals surface area contributed by atoms with Crippen molar-refractivity contribution in [2.75, 3.05) is 32.8 Å². The van der Waals surface area contributed by atoms with Gasteiger partial charge in [-0.1, -0.05) is 30.3 Å². The minimum atomic E-state index is 0.176. The van der Waals surface area contributed by atoms with Crippen LogP contribution in [0.3, 0.4) is 0 Å². The van der Waals surface area contributed by atoms with Gasteiger partial charge in [0.1, 0.15) is 0 Å². The predicted octanol–water partition coefficient (Wildman–Crippen LogP) is 2.07. The Bertz CT molecular complexity index is 471. The van der Waals surface area contributed by atoms with Gasteiger partial charge >= 0.3 is 0 Å². The molecule has 1 aromatic rings. The zero-order valence-corrected chi connectivity index (χ0v) is 12.7. The summed E-state index contributed by atoms with van der Waals surface area (Å²) in [6.45, 7) is 6.16. The van der Waals surface area contributed by atoms with E-state index < -0.39 is 0 Å². The van der Waals surface area contributed by atoms with E-state index in [4.69, 9.17) is 4.74 Å². The minimum absolute atomic E-state index is 0.176. The molecule has 2 saturated heterocycles. The highest BCUT2D eigenvalue weighted by atomic mass is 16.5. The third-order valence-electron chi connectivity index (χ3n) is 4.71. The van der Waals surface area contributed by atoms with E-state index in [1.54, 1.807) is 6.92 Å². The number of amides is 1. The predicted molar refractivity (Wildman–Crippen MR) is 82.0 cm³/mol. The van der Waals surface area contributed by atoms with Crippen LogP contribution in [0.4, 0.5) is 0 Å². The van der Waals surface area contributed by atoms with Crippen LogP contribution in [-0.4, -0.2) is 54.6 Å². The fraction of sp³-hybridized carbons (Fsp3) is 0.588. The highest BCUT2D eigenvalue weighted by Crippen LogP contribution is 2.28. The SMILES string of the molecule is CC(=O)N1CCN(C2CCOCC2)C[C@H]1c1ccccc1. The second-order valence-electron chi connectivity index (χ2n) is 5.98. The molecule has 1 amide bonds. The van der Waals surface area contributed by atoms with Crippen LogP contribution in [0.2, 0.25) is 0 Å². The van der Waals surface area contributed by atoms with Crippen molar-refractivity contribution in [3.63, 3.8) is 0 Å². The molecule has 2 aliphatic heterocycles. The van der Waals surface area contributed by atoms with Gasteiger partial charge in [0.2, 0.25) is 5.91 Å². The number of carbonyl (C=O) groups is 1. The molecule has 1 atom stereocenters. The maximum atomic E-state index is 12.0. The second-order valence-corrected chi connectivity index (χ2v) is 5.98. The van der Waals surface area contributed by atoms with Gasteiger partial charge in [0.05, 0.1) is 6.04 Å². The molecule has 21 heavy (non-hydrogen) atoms. The number of piperazine rings is 1. The number of nitrogens with zero attached hydrogens (tertiary/aromatic N) is 2. The van der Waals surface area contributed by atoms with Gasteiger partial charge in [-0.05, 0) is 18.4 Å². The van der Waals surface area contributed by atoms with Crippen LogP contribution in [0, 0.1) is 0 Å². The van der Waals surface area contributed by atoms with Gasteiger partial charge in [0, 0.05) is 45.8 Å². The molecule has 114 valence electrons. The molecule has 0 aliphatic carbocycles. The molecule has 2 aliphatic rings. The van der Waals surface area contributed by atoms with Crippen molar-refractivity contribution in [2.45, 2.75) is 31.8 Å². The van der Waals surface area contributed by atoms with Gasteiger partial charge in [0.25, 0.3) is 0 Å². The Hall–Kier alpha value is -1.39. The first-order valence-corrected chi connectivity index (χ1v) is 7.89. The summed E-state index contributed by atoms with van der Waals surface area (Å²) in [7, 11) is 0. The van der Waals surface area contributed by atoms with E-state index in [9.17, 15) is 4.79 Å². The first-order valence-electron chi connectivity index (χ1n) is 7.89. The summed E-state index contributed by atoms with van der Waals surface area (Å²) in [5, 5.41) is 0. The molecule has 0 radical (unpaired) electrons. The van der Waals surface area contributed by atoms with Crippen molar-refractivity contribution in [3.05, 3.63) is 35.9 Å². The molecule has 4 heteroatoms. The van der Waals surface area contributed by atoms with Crippen LogP contribution in [-0.2, 0) is 9.53 Å². The van der Waals surface area contributed by atoms with Crippen LogP contribution < -0.4 is 0 Å². The second kappa shape index (κ2) is 6.58. The number of hydrogen-bond acceptors (Lipinski definition) is 3. The van der Waals surface area contributed by atoms with Crippen molar-refractivity contribution < 1.29 is 9.53 Å². The molecule has 0 unspecified atom stereocenters. The van der Waals surface area contributed by atoms with Crippen molar-refractivity contribution in [3.8, 4) is 0 Å². The van der Waals surface area contributed by atoms with E-state index in [1.165, 1.54) is 5.56 Å². The molecule has 0 spiro atoms. The van der Waals surface area contributed by atoms with Crippen molar-refractivity contribution in [2.24, 2.45) is 0 Å². The molecule has 3 rings (SSSR count). The molecular formula is C17H24N2O2. The van der Waals surface area contributed by atoms with E-state index in [1.807, 2.05) is 11.0 Å². The summed E-state index contributed by atoms with van der Waals surface area (Å²) >= 11 is 0. The topological polar surface area (TPSA) is 32.8 Å². The fourth-order valence-corrected chi connectivity index (χ4v) is 3.52. The van der Waals surface area contributed by atoms with Crippen LogP contribution in [0.5, 0.6) is 0 Å². The first-order chi connectivity index (χ1) is 10.3. The van der Waals surface area contributed by atoms with Gasteiger partial charge in [-0.3, -0.25) is 9.69 Å². The quantitative estimate of drug-likeness (QED) is 0.835. The van der Waals surface area contributed by atoms with E-state index in [0.29, 0.717) is 6.04 Å². The maximum Gasteiger partial charge on any atom is 0.220 e. The third-order valence-corrected chi connectivity index (χ3v) is 4.71. The molecule has 2 fully saturated rings. The zero-order chi connectivity index (χ0) is 14.7. The summed E-state index contributed by atoms with van der Waals surface area (Å²) in [4.78, 5) is 16.5. The minimum Gasteiger partial charge on any atom is -0.381 e. The Balaban J connectivity index is 1.77. The molecule has 0 saturated carbocycles. The first kappa shape index (κ1) is 14.5. The average Bonchev–Trinajstić information content (AvgIpc) is 2.56. The molecule has 0 N–H and O–H groups in total. The number of ether oxygens (including phenoxy) is 1.